The van der Waals surface area contributed by atoms with Crippen LogP contribution in [-0.2, 0) is 0 Å². The van der Waals surface area contributed by atoms with E-state index in [-0.39, 0.29) is 10.3 Å². The third-order valence-corrected chi connectivity index (χ3v) is 3.77. The Morgan fingerprint density at radius 1 is 1.00 bits per heavy atom. The maximum Gasteiger partial charge on any atom is 0.182 e. The van der Waals surface area contributed by atoms with E-state index in [4.69, 9.17) is 23.2 Å². The summed E-state index contributed by atoms with van der Waals surface area (Å²) in [6, 6.07) is 7.60. The lowest BCUT2D eigenvalue weighted by molar-refractivity contribution is 1.11. The van der Waals surface area contributed by atoms with Crippen molar-refractivity contribution in [1.29, 1.82) is 0 Å². The van der Waals surface area contributed by atoms with E-state index in [0.29, 0.717) is 17.1 Å². The lowest BCUT2D eigenvalue weighted by atomic mass is 10.1. The van der Waals surface area contributed by atoms with Crippen LogP contribution in [0.5, 0.6) is 0 Å². The Labute approximate surface area is 139 Å². The second-order valence-electron chi connectivity index (χ2n) is 4.10. The van der Waals surface area contributed by atoms with E-state index in [9.17, 15) is 0 Å². The first-order valence-electron chi connectivity index (χ1n) is 5.90. The van der Waals surface area contributed by atoms with Crippen molar-refractivity contribution in [1.82, 2.24) is 19.9 Å². The van der Waals surface area contributed by atoms with Crippen molar-refractivity contribution in [2.45, 2.75) is 0 Å². The first kappa shape index (κ1) is 14.4. The first-order valence-corrected chi connectivity index (χ1v) is 7.45. The second kappa shape index (κ2) is 6.05. The molecule has 0 atom stereocenters. The lowest BCUT2D eigenvalue weighted by Gasteiger charge is -2.08. The van der Waals surface area contributed by atoms with E-state index < -0.39 is 0 Å². The molecule has 104 valence electrons. The molecule has 0 unspecified atom stereocenters. The van der Waals surface area contributed by atoms with Gasteiger partial charge in [0, 0.05) is 16.9 Å². The van der Waals surface area contributed by atoms with Crippen LogP contribution in [0.3, 0.4) is 0 Å². The van der Waals surface area contributed by atoms with Gasteiger partial charge < -0.3 is 0 Å². The third kappa shape index (κ3) is 3.05. The summed E-state index contributed by atoms with van der Waals surface area (Å²) >= 11 is 16.0. The second-order valence-corrected chi connectivity index (χ2v) is 5.74. The molecule has 3 aromatic rings. The molecule has 0 fully saturated rings. The Balaban J connectivity index is 2.13. The van der Waals surface area contributed by atoms with Crippen LogP contribution in [0.15, 0.2) is 47.3 Å². The number of hydrogen-bond donors (Lipinski definition) is 0. The number of halogens is 3. The van der Waals surface area contributed by atoms with Gasteiger partial charge in [0.25, 0.3) is 0 Å². The van der Waals surface area contributed by atoms with Crippen molar-refractivity contribution in [2.24, 2.45) is 0 Å². The molecular formula is C14H7BrCl2N4. The summed E-state index contributed by atoms with van der Waals surface area (Å²) in [5.41, 5.74) is 1.94. The molecule has 0 aliphatic heterocycles. The molecule has 0 aliphatic carbocycles. The van der Waals surface area contributed by atoms with Crippen molar-refractivity contribution in [3.63, 3.8) is 0 Å². The van der Waals surface area contributed by atoms with Crippen LogP contribution in [0.2, 0.25) is 10.3 Å². The van der Waals surface area contributed by atoms with E-state index in [1.54, 1.807) is 18.6 Å². The van der Waals surface area contributed by atoms with Gasteiger partial charge in [0.15, 0.2) is 5.82 Å². The zero-order valence-electron chi connectivity index (χ0n) is 10.5. The standard InChI is InChI=1S/C14H7BrCl2N4/c15-9-3-1-2-8(6-9)11-12(16)20-14(21-13(11)17)10-7-18-4-5-19-10/h1-7H. The Morgan fingerprint density at radius 2 is 1.76 bits per heavy atom. The summed E-state index contributed by atoms with van der Waals surface area (Å²) in [7, 11) is 0. The molecule has 7 heteroatoms. The fourth-order valence-electron chi connectivity index (χ4n) is 1.82. The summed E-state index contributed by atoms with van der Waals surface area (Å²) in [6.45, 7) is 0. The molecular weight excluding hydrogens is 375 g/mol. The molecule has 0 aliphatic rings. The molecule has 21 heavy (non-hydrogen) atoms. The number of nitrogens with zero attached hydrogens (tertiary/aromatic N) is 4. The maximum atomic E-state index is 6.27. The zero-order valence-corrected chi connectivity index (χ0v) is 13.6. The van der Waals surface area contributed by atoms with Crippen molar-refractivity contribution in [2.75, 3.05) is 0 Å². The van der Waals surface area contributed by atoms with Gasteiger partial charge in [-0.15, -0.1) is 0 Å². The summed E-state index contributed by atoms with van der Waals surface area (Å²) in [6.07, 6.45) is 4.69. The highest BCUT2D eigenvalue weighted by molar-refractivity contribution is 9.10. The highest BCUT2D eigenvalue weighted by Gasteiger charge is 2.15. The van der Waals surface area contributed by atoms with Gasteiger partial charge in [-0.25, -0.2) is 15.0 Å². The zero-order chi connectivity index (χ0) is 14.8. The fraction of sp³-hybridized carbons (Fsp3) is 0. The molecule has 0 bridgehead atoms. The van der Waals surface area contributed by atoms with Crippen LogP contribution in [0.25, 0.3) is 22.6 Å². The van der Waals surface area contributed by atoms with Gasteiger partial charge in [-0.2, -0.15) is 0 Å². The molecule has 0 saturated carbocycles. The van der Waals surface area contributed by atoms with Gasteiger partial charge >= 0.3 is 0 Å². The minimum absolute atomic E-state index is 0.272. The molecule has 1 aromatic carbocycles. The van der Waals surface area contributed by atoms with Gasteiger partial charge in [0.05, 0.1) is 11.8 Å². The van der Waals surface area contributed by atoms with Crippen LogP contribution >= 0.6 is 39.1 Å². The van der Waals surface area contributed by atoms with Crippen molar-refractivity contribution >= 4 is 39.1 Å². The van der Waals surface area contributed by atoms with Crippen LogP contribution < -0.4 is 0 Å². The minimum Gasteiger partial charge on any atom is -0.261 e. The molecule has 4 nitrogen and oxygen atoms in total. The average molecular weight is 382 g/mol. The highest BCUT2D eigenvalue weighted by atomic mass is 79.9. The van der Waals surface area contributed by atoms with Crippen LogP contribution in [-0.4, -0.2) is 19.9 Å². The molecule has 0 spiro atoms. The van der Waals surface area contributed by atoms with Crippen molar-refractivity contribution in [3.8, 4) is 22.6 Å². The van der Waals surface area contributed by atoms with Crippen molar-refractivity contribution < 1.29 is 0 Å². The summed E-state index contributed by atoms with van der Waals surface area (Å²) in [4.78, 5) is 16.6. The predicted octanol–water partition coefficient (Wildman–Crippen LogP) is 4.67. The van der Waals surface area contributed by atoms with E-state index in [1.165, 1.54) is 0 Å². The highest BCUT2D eigenvalue weighted by Crippen LogP contribution is 2.34. The van der Waals surface area contributed by atoms with Crippen LogP contribution in [0.1, 0.15) is 0 Å². The minimum atomic E-state index is 0.272. The Kier molecular flexibility index (Phi) is 4.14. The monoisotopic (exact) mass is 380 g/mol. The van der Waals surface area contributed by atoms with E-state index in [0.717, 1.165) is 10.0 Å². The lowest BCUT2D eigenvalue weighted by Crippen LogP contribution is -1.96. The Morgan fingerprint density at radius 3 is 2.38 bits per heavy atom. The molecule has 0 amide bonds. The molecule has 2 heterocycles. The maximum absolute atomic E-state index is 6.27. The Bertz CT molecular complexity index is 773. The summed E-state index contributed by atoms with van der Waals surface area (Å²) in [5, 5.41) is 0.544. The number of benzene rings is 1. The number of hydrogen-bond acceptors (Lipinski definition) is 4. The molecule has 2 aromatic heterocycles. The summed E-state index contributed by atoms with van der Waals surface area (Å²) < 4.78 is 0.921. The third-order valence-electron chi connectivity index (χ3n) is 2.73. The number of rotatable bonds is 2. The fourth-order valence-corrected chi connectivity index (χ4v) is 2.82. The molecule has 0 N–H and O–H groups in total. The molecule has 3 rings (SSSR count). The quantitative estimate of drug-likeness (QED) is 0.605. The van der Waals surface area contributed by atoms with Crippen LogP contribution in [0.4, 0.5) is 0 Å². The Hall–Kier alpha value is -1.56. The summed E-state index contributed by atoms with van der Waals surface area (Å²) in [5.74, 6) is 0.344. The van der Waals surface area contributed by atoms with Crippen LogP contribution in [0, 0.1) is 0 Å². The topological polar surface area (TPSA) is 51.6 Å². The van der Waals surface area contributed by atoms with Gasteiger partial charge in [-0.3, -0.25) is 4.98 Å². The van der Waals surface area contributed by atoms with E-state index in [2.05, 4.69) is 35.9 Å². The smallest absolute Gasteiger partial charge is 0.182 e. The SMILES string of the molecule is Clc1nc(-c2cnccn2)nc(Cl)c1-c1cccc(Br)c1. The number of aromatic nitrogens is 4. The van der Waals surface area contributed by atoms with Gasteiger partial charge in [-0.1, -0.05) is 51.3 Å². The molecule has 0 saturated heterocycles. The van der Waals surface area contributed by atoms with E-state index >= 15 is 0 Å². The van der Waals surface area contributed by atoms with E-state index in [1.807, 2.05) is 24.3 Å². The van der Waals surface area contributed by atoms with Gasteiger partial charge in [-0.05, 0) is 17.7 Å². The largest absolute Gasteiger partial charge is 0.261 e. The molecule has 0 radical (unpaired) electrons. The van der Waals surface area contributed by atoms with Gasteiger partial charge in [0.1, 0.15) is 16.0 Å². The van der Waals surface area contributed by atoms with Gasteiger partial charge in [0.2, 0.25) is 0 Å². The first-order chi connectivity index (χ1) is 10.1. The average Bonchev–Trinajstić information content (AvgIpc) is 2.47. The predicted molar refractivity (Wildman–Crippen MR) is 86.2 cm³/mol. The van der Waals surface area contributed by atoms with Crippen molar-refractivity contribution in [3.05, 3.63) is 57.6 Å². The normalized spacial score (nSPS) is 10.6.